The summed E-state index contributed by atoms with van der Waals surface area (Å²) in [6, 6.07) is 0.565. The average Bonchev–Trinajstić information content (AvgIpc) is 2.19. The Hall–Kier alpha value is -0.0400. The quantitative estimate of drug-likeness (QED) is 0.499. The largest absolute Gasteiger partial charge is 0.327 e. The number of rotatable bonds is 1. The normalized spacial score (nSPS) is 43.0. The molecule has 0 aromatic carbocycles. The molecule has 0 heterocycles. The second-order valence-electron chi connectivity index (χ2n) is 2.07. The average molecular weight is 85.2 g/mol. The molecule has 2 N–H and O–H groups in total. The van der Waals surface area contributed by atoms with Crippen molar-refractivity contribution in [2.24, 2.45) is 11.7 Å². The van der Waals surface area contributed by atoms with Gasteiger partial charge in [-0.15, -0.1) is 0 Å². The fourth-order valence-corrected chi connectivity index (χ4v) is 0.740. The molecular weight excluding hydrogens is 74.1 g/mol. The lowest BCUT2D eigenvalue weighted by Crippen LogP contribution is -2.00. The van der Waals surface area contributed by atoms with Crippen LogP contribution in [-0.2, 0) is 0 Å². The van der Waals surface area contributed by atoms with E-state index in [2.05, 4.69) is 6.92 Å². The minimum atomic E-state index is 0.565. The molecule has 0 aliphatic heterocycles. The minimum Gasteiger partial charge on any atom is -0.327 e. The van der Waals surface area contributed by atoms with Gasteiger partial charge >= 0.3 is 0 Å². The lowest BCUT2D eigenvalue weighted by Gasteiger charge is -1.79. The van der Waals surface area contributed by atoms with Crippen LogP contribution in [0, 0.1) is 5.92 Å². The maximum Gasteiger partial charge on any atom is 0.00708 e. The van der Waals surface area contributed by atoms with E-state index in [0.29, 0.717) is 6.04 Å². The molecule has 2 atom stereocenters. The first-order valence-corrected chi connectivity index (χ1v) is 2.60. The Morgan fingerprint density at radius 1 is 1.83 bits per heavy atom. The van der Waals surface area contributed by atoms with E-state index in [9.17, 15) is 0 Å². The van der Waals surface area contributed by atoms with Crippen molar-refractivity contribution in [2.45, 2.75) is 25.8 Å². The van der Waals surface area contributed by atoms with Gasteiger partial charge in [0.15, 0.2) is 0 Å². The molecule has 1 aliphatic rings. The number of nitrogens with two attached hydrogens (primary N) is 1. The van der Waals surface area contributed by atoms with Crippen LogP contribution in [0.15, 0.2) is 0 Å². The summed E-state index contributed by atoms with van der Waals surface area (Å²) in [4.78, 5) is 0. The lowest BCUT2D eigenvalue weighted by molar-refractivity contribution is 0.759. The summed E-state index contributed by atoms with van der Waals surface area (Å²) >= 11 is 0. The van der Waals surface area contributed by atoms with Gasteiger partial charge in [-0.3, -0.25) is 0 Å². The van der Waals surface area contributed by atoms with Gasteiger partial charge in [0, 0.05) is 6.04 Å². The summed E-state index contributed by atoms with van der Waals surface area (Å²) < 4.78 is 0. The Kier molecular flexibility index (Phi) is 0.845. The Labute approximate surface area is 38.5 Å². The zero-order valence-electron chi connectivity index (χ0n) is 4.15. The summed E-state index contributed by atoms with van der Waals surface area (Å²) in [5.41, 5.74) is 5.48. The first-order chi connectivity index (χ1) is 2.84. The highest BCUT2D eigenvalue weighted by Gasteiger charge is 2.30. The molecule has 1 nitrogen and oxygen atoms in total. The van der Waals surface area contributed by atoms with Crippen LogP contribution in [0.2, 0.25) is 0 Å². The fourth-order valence-electron chi connectivity index (χ4n) is 0.740. The van der Waals surface area contributed by atoms with Crippen molar-refractivity contribution < 1.29 is 0 Å². The minimum absolute atomic E-state index is 0.565. The van der Waals surface area contributed by atoms with Gasteiger partial charge in [-0.2, -0.15) is 0 Å². The molecule has 0 aromatic heterocycles. The van der Waals surface area contributed by atoms with Crippen molar-refractivity contribution in [3.63, 3.8) is 0 Å². The summed E-state index contributed by atoms with van der Waals surface area (Å²) in [5, 5.41) is 0. The molecule has 1 rings (SSSR count). The Morgan fingerprint density at radius 2 is 2.33 bits per heavy atom. The van der Waals surface area contributed by atoms with Crippen molar-refractivity contribution in [1.82, 2.24) is 0 Å². The van der Waals surface area contributed by atoms with Crippen LogP contribution in [0.4, 0.5) is 0 Å². The fraction of sp³-hybridized carbons (Fsp3) is 1.00. The van der Waals surface area contributed by atoms with E-state index in [1.807, 2.05) is 0 Å². The van der Waals surface area contributed by atoms with E-state index in [0.717, 1.165) is 5.92 Å². The van der Waals surface area contributed by atoms with E-state index < -0.39 is 0 Å². The van der Waals surface area contributed by atoms with E-state index in [1.165, 1.54) is 12.8 Å². The van der Waals surface area contributed by atoms with E-state index in [1.54, 1.807) is 0 Å². The molecule has 0 saturated heterocycles. The molecule has 1 saturated carbocycles. The molecule has 1 aliphatic carbocycles. The SMILES string of the molecule is CC[C@H]1CC1N. The van der Waals surface area contributed by atoms with Crippen molar-refractivity contribution in [3.8, 4) is 0 Å². The van der Waals surface area contributed by atoms with Crippen LogP contribution >= 0.6 is 0 Å². The zero-order chi connectivity index (χ0) is 4.57. The van der Waals surface area contributed by atoms with Gasteiger partial charge in [0.05, 0.1) is 0 Å². The molecule has 0 bridgehead atoms. The molecule has 1 fully saturated rings. The third-order valence-electron chi connectivity index (χ3n) is 1.50. The predicted molar refractivity (Wildman–Crippen MR) is 26.4 cm³/mol. The topological polar surface area (TPSA) is 26.0 Å². The van der Waals surface area contributed by atoms with Gasteiger partial charge in [0.25, 0.3) is 0 Å². The Morgan fingerprint density at radius 3 is 2.33 bits per heavy atom. The Bertz CT molecular complexity index is 49.9. The van der Waals surface area contributed by atoms with Crippen molar-refractivity contribution in [3.05, 3.63) is 0 Å². The third kappa shape index (κ3) is 0.548. The monoisotopic (exact) mass is 85.1 g/mol. The number of hydrogen-bond donors (Lipinski definition) is 1. The first-order valence-electron chi connectivity index (χ1n) is 2.60. The first kappa shape index (κ1) is 4.13. The highest BCUT2D eigenvalue weighted by molar-refractivity contribution is 4.88. The second-order valence-corrected chi connectivity index (χ2v) is 2.07. The zero-order valence-corrected chi connectivity index (χ0v) is 4.15. The van der Waals surface area contributed by atoms with E-state index in [-0.39, 0.29) is 0 Å². The van der Waals surface area contributed by atoms with Gasteiger partial charge in [-0.1, -0.05) is 13.3 Å². The summed E-state index contributed by atoms with van der Waals surface area (Å²) in [6.07, 6.45) is 2.55. The second kappa shape index (κ2) is 1.23. The summed E-state index contributed by atoms with van der Waals surface area (Å²) in [7, 11) is 0. The molecule has 0 amide bonds. The molecule has 1 heteroatoms. The van der Waals surface area contributed by atoms with Crippen LogP contribution in [-0.4, -0.2) is 6.04 Å². The van der Waals surface area contributed by atoms with Gasteiger partial charge in [-0.25, -0.2) is 0 Å². The number of hydrogen-bond acceptors (Lipinski definition) is 1. The molecule has 0 radical (unpaired) electrons. The van der Waals surface area contributed by atoms with Crippen LogP contribution < -0.4 is 5.73 Å². The molecular formula is C5H11N. The van der Waals surface area contributed by atoms with E-state index in [4.69, 9.17) is 5.73 Å². The highest BCUT2D eigenvalue weighted by atomic mass is 14.7. The standard InChI is InChI=1S/C5H11N/c1-2-4-3-5(4)6/h4-5H,2-3,6H2,1H3/t4-,5?/m0/s1. The van der Waals surface area contributed by atoms with Crippen LogP contribution in [0.5, 0.6) is 0 Å². The van der Waals surface area contributed by atoms with E-state index >= 15 is 0 Å². The maximum atomic E-state index is 5.48. The molecule has 1 unspecified atom stereocenters. The highest BCUT2D eigenvalue weighted by Crippen LogP contribution is 2.30. The van der Waals surface area contributed by atoms with Crippen molar-refractivity contribution >= 4 is 0 Å². The molecule has 36 valence electrons. The van der Waals surface area contributed by atoms with Gasteiger partial charge in [0.1, 0.15) is 0 Å². The van der Waals surface area contributed by atoms with Gasteiger partial charge in [-0.05, 0) is 12.3 Å². The summed E-state index contributed by atoms with van der Waals surface area (Å²) in [6.45, 7) is 2.19. The molecule has 6 heavy (non-hydrogen) atoms. The summed E-state index contributed by atoms with van der Waals surface area (Å²) in [5.74, 6) is 0.880. The third-order valence-corrected chi connectivity index (χ3v) is 1.50. The van der Waals surface area contributed by atoms with Gasteiger partial charge < -0.3 is 5.73 Å². The van der Waals surface area contributed by atoms with Crippen LogP contribution in [0.1, 0.15) is 19.8 Å². The maximum absolute atomic E-state index is 5.48. The van der Waals surface area contributed by atoms with Crippen LogP contribution in [0.3, 0.4) is 0 Å². The van der Waals surface area contributed by atoms with Crippen LogP contribution in [0.25, 0.3) is 0 Å². The predicted octanol–water partition coefficient (Wildman–Crippen LogP) is 0.744. The van der Waals surface area contributed by atoms with Gasteiger partial charge in [0.2, 0.25) is 0 Å². The Balaban J connectivity index is 2.09. The smallest absolute Gasteiger partial charge is 0.00708 e. The van der Waals surface area contributed by atoms with Crippen molar-refractivity contribution in [2.75, 3.05) is 0 Å². The molecule has 0 spiro atoms. The van der Waals surface area contributed by atoms with Crippen molar-refractivity contribution in [1.29, 1.82) is 0 Å². The molecule has 0 aromatic rings. The lowest BCUT2D eigenvalue weighted by atomic mass is 10.3.